The molecule has 10 heterocycles. The normalized spacial score (nSPS) is 11.3. The van der Waals surface area contributed by atoms with Crippen molar-refractivity contribution in [2.45, 2.75) is 79.4 Å². The Labute approximate surface area is 735 Å². The monoisotopic (exact) mass is 1990 g/mol. The number of alkyl halides is 3. The van der Waals surface area contributed by atoms with E-state index in [0.717, 1.165) is 109 Å². The summed E-state index contributed by atoms with van der Waals surface area (Å²) in [4.78, 5) is 41.1. The zero-order valence-corrected chi connectivity index (χ0v) is 72.9. The molecular formula is C100H81F5Ir2N15O-3. The number of furan rings is 1. The molecule has 0 N–H and O–H groups in total. The van der Waals surface area contributed by atoms with Crippen molar-refractivity contribution in [3.63, 3.8) is 0 Å². The third kappa shape index (κ3) is 20.2. The predicted octanol–water partition coefficient (Wildman–Crippen LogP) is 24.6. The largest absolute Gasteiger partial charge is 0.573 e. The van der Waals surface area contributed by atoms with Crippen LogP contribution in [0.4, 0.5) is 22.0 Å². The van der Waals surface area contributed by atoms with Gasteiger partial charge < -0.3 is 29.1 Å². The fourth-order valence-electron chi connectivity index (χ4n) is 14.0. The van der Waals surface area contributed by atoms with Crippen LogP contribution in [0.3, 0.4) is 0 Å². The van der Waals surface area contributed by atoms with E-state index < -0.39 is 23.5 Å². The molecule has 0 amide bonds. The summed E-state index contributed by atoms with van der Waals surface area (Å²) >= 11 is 0. The van der Waals surface area contributed by atoms with Crippen LogP contribution in [0, 0.1) is 44.5 Å². The number of nitrogens with zero attached hydrogens (tertiary/aromatic N) is 15. The van der Waals surface area contributed by atoms with Crippen LogP contribution < -0.4 is 5.10 Å². The molecule has 0 bridgehead atoms. The molecule has 0 aliphatic carbocycles. The van der Waals surface area contributed by atoms with Crippen molar-refractivity contribution in [3.05, 3.63) is 380 Å². The number of aryl methyl sites for hydroxylation is 3. The summed E-state index contributed by atoms with van der Waals surface area (Å²) in [6.45, 7) is 17.1. The molecule has 123 heavy (non-hydrogen) atoms. The summed E-state index contributed by atoms with van der Waals surface area (Å²) in [5, 5.41) is 9.20. The fraction of sp³-hybridized carbons (Fsp3) is 0.120. The van der Waals surface area contributed by atoms with Crippen molar-refractivity contribution < 1.29 is 66.6 Å². The van der Waals surface area contributed by atoms with Crippen LogP contribution in [-0.2, 0) is 51.8 Å². The molecule has 20 aromatic rings. The van der Waals surface area contributed by atoms with Crippen LogP contribution in [0.2, 0.25) is 0 Å². The van der Waals surface area contributed by atoms with Crippen molar-refractivity contribution in [2.24, 2.45) is 0 Å². The van der Waals surface area contributed by atoms with Gasteiger partial charge in [-0.05, 0) is 159 Å². The third-order valence-electron chi connectivity index (χ3n) is 20.1. The first-order valence-electron chi connectivity index (χ1n) is 39.3. The van der Waals surface area contributed by atoms with Crippen molar-refractivity contribution in [3.8, 4) is 85.5 Å². The molecule has 1 unspecified atom stereocenters. The molecule has 10 aromatic heterocycles. The van der Waals surface area contributed by atoms with Crippen molar-refractivity contribution in [1.82, 2.24) is 73.3 Å². The van der Waals surface area contributed by atoms with Gasteiger partial charge in [-0.25, -0.2) is 15.0 Å². The van der Waals surface area contributed by atoms with Crippen LogP contribution in [0.5, 0.6) is 0 Å². The minimum Gasteiger partial charge on any atom is -0.573 e. The number of imidazole rings is 3. The zero-order valence-electron chi connectivity index (χ0n) is 68.1. The maximum Gasteiger partial charge on any atom is 0.431 e. The topological polar surface area (TPSA) is 176 Å². The summed E-state index contributed by atoms with van der Waals surface area (Å²) in [5.41, 5.74) is 16.4. The second kappa shape index (κ2) is 39.2. The molecular weight excluding hydrogens is 1910 g/mol. The van der Waals surface area contributed by atoms with Gasteiger partial charge in [-0.15, -0.1) is 48.0 Å². The molecule has 2 radical (unpaired) electrons. The van der Waals surface area contributed by atoms with Crippen molar-refractivity contribution >= 4 is 54.9 Å². The minimum atomic E-state index is -4.46. The Hall–Kier alpha value is -13.7. The zero-order chi connectivity index (χ0) is 84.2. The number of aromatic nitrogens is 15. The Morgan fingerprint density at radius 3 is 1.27 bits per heavy atom. The number of halogens is 5. The van der Waals surface area contributed by atoms with Crippen LogP contribution in [-0.4, -0.2) is 68.2 Å². The van der Waals surface area contributed by atoms with Crippen molar-refractivity contribution in [1.29, 1.82) is 0 Å². The Morgan fingerprint density at radius 1 is 0.423 bits per heavy atom. The Bertz CT molecular complexity index is 6550. The van der Waals surface area contributed by atoms with Crippen LogP contribution in [0.1, 0.15) is 75.8 Å². The predicted molar refractivity (Wildman–Crippen MR) is 469 cm³/mol. The molecule has 0 saturated heterocycles. The minimum absolute atomic E-state index is 0. The molecule has 16 nitrogen and oxygen atoms in total. The summed E-state index contributed by atoms with van der Waals surface area (Å²) in [7, 11) is 0. The third-order valence-corrected chi connectivity index (χ3v) is 20.1. The molecule has 0 saturated carbocycles. The van der Waals surface area contributed by atoms with Crippen LogP contribution in [0.25, 0.3) is 140 Å². The smallest absolute Gasteiger partial charge is 0.431 e. The Morgan fingerprint density at radius 2 is 0.837 bits per heavy atom. The molecule has 10 aromatic carbocycles. The van der Waals surface area contributed by atoms with Gasteiger partial charge >= 0.3 is 6.18 Å². The second-order valence-electron chi connectivity index (χ2n) is 29.4. The average molecular weight is 1990 g/mol. The summed E-state index contributed by atoms with van der Waals surface area (Å²) in [6.07, 6.45) is 1.52. The van der Waals surface area contributed by atoms with Gasteiger partial charge in [-0.1, -0.05) is 227 Å². The first-order valence-corrected chi connectivity index (χ1v) is 39.3. The van der Waals surface area contributed by atoms with Gasteiger partial charge in [-0.3, -0.25) is 27.5 Å². The van der Waals surface area contributed by atoms with E-state index in [2.05, 4.69) is 198 Å². The maximum absolute atomic E-state index is 13.2. The fourth-order valence-corrected chi connectivity index (χ4v) is 14.0. The molecule has 1 atom stereocenters. The number of rotatable bonds is 11. The van der Waals surface area contributed by atoms with E-state index in [-0.39, 0.29) is 56.9 Å². The van der Waals surface area contributed by atoms with E-state index in [1.54, 1.807) is 48.8 Å². The van der Waals surface area contributed by atoms with E-state index in [0.29, 0.717) is 35.3 Å². The van der Waals surface area contributed by atoms with Gasteiger partial charge in [0.1, 0.15) is 34.7 Å². The van der Waals surface area contributed by atoms with E-state index in [1.807, 2.05) is 168 Å². The van der Waals surface area contributed by atoms with Gasteiger partial charge in [0, 0.05) is 115 Å². The van der Waals surface area contributed by atoms with Crippen molar-refractivity contribution in [2.75, 3.05) is 0 Å². The Balaban J connectivity index is 0.000000133. The number of hydrogen-bond donors (Lipinski definition) is 0. The summed E-state index contributed by atoms with van der Waals surface area (Å²) in [5.74, 6) is 4.32. The van der Waals surface area contributed by atoms with Gasteiger partial charge in [0.05, 0.1) is 33.1 Å². The second-order valence-corrected chi connectivity index (χ2v) is 29.4. The number of para-hydroxylation sites is 8. The van der Waals surface area contributed by atoms with E-state index >= 15 is 0 Å². The molecule has 618 valence electrons. The van der Waals surface area contributed by atoms with Crippen LogP contribution in [0.15, 0.2) is 332 Å². The van der Waals surface area contributed by atoms with Gasteiger partial charge in [0.15, 0.2) is 0 Å². The summed E-state index contributed by atoms with van der Waals surface area (Å²) < 4.78 is 76.9. The molecule has 0 aliphatic heterocycles. The standard InChI is InChI=1S/C27H21N9.C26H24O.C16H17N.C11H6F2N.C11H8N.C9H5F3N3.2Ir/c1-16-28-19-10-4-7-13-22(19)34(16)25-31-26(35-17(2)29-20-11-5-8-14-23(20)35)33-27(32-25)36-18(3)30-21-12-6-9-15-24(21)36;1-26(2,3)23-15-13-22(14-16-23)25-18-17-24(27-25)21-11-9-20(10-12-21)19-7-5-4-6-8-19;1-3-12(2)17-15-10-6-4-8-13(15)14-9-5-7-11-16(14)17;12-8-4-5-9(10(13)7-8)11-3-1-2-6-14-11;1-2-6-10(7-3-1)11-8-4-5-9-12-11;10-9(11,12)8-5-7(14-15-8)6-3-1-2-4-13-6;;/h4-15H,1-3H3;4-18H,1-3H3;4-12H,3H2,1-2H3;1-4,6-7H;1-6,8-9H;1-5H;;/q;;;3*-1;;. The number of pyridine rings is 3. The molecule has 0 fully saturated rings. The number of fused-ring (bicyclic) bond motifs is 6. The molecule has 23 heteroatoms. The Kier molecular flexibility index (Phi) is 27.8. The quantitative estimate of drug-likeness (QED) is 0.0886. The average Bonchev–Trinajstić information content (AvgIpc) is 1.60. The molecule has 0 spiro atoms. The molecule has 0 aliphatic rings. The number of benzene rings is 10. The van der Waals surface area contributed by atoms with Gasteiger partial charge in [0.25, 0.3) is 0 Å². The maximum atomic E-state index is 13.2. The van der Waals surface area contributed by atoms with Crippen LogP contribution >= 0.6 is 0 Å². The first kappa shape index (κ1) is 87.1. The summed E-state index contributed by atoms with van der Waals surface area (Å²) in [6, 6.07) is 106. The van der Waals surface area contributed by atoms with E-state index in [1.165, 1.54) is 44.7 Å². The molecule has 20 rings (SSSR count). The SMILES string of the molecule is CC(C)(C)c1ccc(-c2ccc(-c3ccc(-c4ccccc4)cc3)o2)cc1.CCC(C)n1c2ccccc2c2ccccc21.Cc1nc2ccccc2n1-c1nc(-n2c(C)nc3ccccc32)nc(-n2c(C)nc3ccccc32)n1.FC(F)(F)c1cc(-c2ccccn2)[n-]n1.Fc1c[c-]c(-c2ccccn2)c(F)c1.[Ir].[Ir].[c-]1ccccc1-c1ccccn1. The van der Waals surface area contributed by atoms with Gasteiger partial charge in [0.2, 0.25) is 17.8 Å². The van der Waals surface area contributed by atoms with Gasteiger partial charge in [-0.2, -0.15) is 28.1 Å². The van der Waals surface area contributed by atoms with E-state index in [4.69, 9.17) is 34.3 Å². The number of hydrogen-bond acceptors (Lipinski definition) is 11. The van der Waals surface area contributed by atoms with E-state index in [9.17, 15) is 22.0 Å². The first-order chi connectivity index (χ1) is 58.7.